The van der Waals surface area contributed by atoms with Gasteiger partial charge in [0.05, 0.1) is 26.5 Å². The van der Waals surface area contributed by atoms with E-state index < -0.39 is 0 Å². The lowest BCUT2D eigenvalue weighted by atomic mass is 10.2. The zero-order valence-corrected chi connectivity index (χ0v) is 13.8. The maximum atomic E-state index is 5.37. The highest BCUT2D eigenvalue weighted by molar-refractivity contribution is 5.65. The van der Waals surface area contributed by atoms with Crippen molar-refractivity contribution in [3.63, 3.8) is 0 Å². The summed E-state index contributed by atoms with van der Waals surface area (Å²) in [6.45, 7) is 3.20. The van der Waals surface area contributed by atoms with Crippen LogP contribution in [0.4, 0.5) is 17.5 Å². The standard InChI is InChI=1S/C16H22N4O3/c1-11-9-15(17-7-8-21-2)20-16(18-11)19-13-6-5-12(22-3)10-14(13)23-4/h5-6,9-10H,7-8H2,1-4H3,(H2,17,18,19,20). The summed E-state index contributed by atoms with van der Waals surface area (Å²) in [7, 11) is 4.88. The summed E-state index contributed by atoms with van der Waals surface area (Å²) in [5.74, 6) is 2.61. The summed E-state index contributed by atoms with van der Waals surface area (Å²) in [5, 5.41) is 6.36. The van der Waals surface area contributed by atoms with Gasteiger partial charge in [0.1, 0.15) is 17.3 Å². The Morgan fingerprint density at radius 2 is 1.87 bits per heavy atom. The number of nitrogens with zero attached hydrogens (tertiary/aromatic N) is 2. The van der Waals surface area contributed by atoms with Crippen LogP contribution in [0.5, 0.6) is 11.5 Å². The number of nitrogens with one attached hydrogen (secondary N) is 2. The zero-order chi connectivity index (χ0) is 16.7. The van der Waals surface area contributed by atoms with Gasteiger partial charge in [-0.05, 0) is 19.1 Å². The van der Waals surface area contributed by atoms with Gasteiger partial charge in [-0.2, -0.15) is 4.98 Å². The third kappa shape index (κ3) is 4.72. The molecule has 2 N–H and O–H groups in total. The Balaban J connectivity index is 2.19. The summed E-state index contributed by atoms with van der Waals surface area (Å²) < 4.78 is 15.6. The molecule has 2 aromatic rings. The Kier molecular flexibility index (Phi) is 5.99. The van der Waals surface area contributed by atoms with E-state index in [2.05, 4.69) is 20.6 Å². The molecule has 2 rings (SSSR count). The number of methoxy groups -OCH3 is 3. The van der Waals surface area contributed by atoms with E-state index in [-0.39, 0.29) is 0 Å². The Hall–Kier alpha value is -2.54. The van der Waals surface area contributed by atoms with Crippen molar-refractivity contribution >= 4 is 17.5 Å². The molecule has 23 heavy (non-hydrogen) atoms. The molecule has 1 aromatic heterocycles. The molecule has 0 spiro atoms. The van der Waals surface area contributed by atoms with E-state index in [1.54, 1.807) is 27.4 Å². The number of hydrogen-bond acceptors (Lipinski definition) is 7. The Morgan fingerprint density at radius 3 is 2.57 bits per heavy atom. The number of anilines is 3. The molecule has 0 saturated heterocycles. The van der Waals surface area contributed by atoms with E-state index >= 15 is 0 Å². The molecule has 0 atom stereocenters. The van der Waals surface area contributed by atoms with Crippen LogP contribution in [0.3, 0.4) is 0 Å². The van der Waals surface area contributed by atoms with Crippen molar-refractivity contribution in [2.45, 2.75) is 6.92 Å². The van der Waals surface area contributed by atoms with Gasteiger partial charge in [-0.25, -0.2) is 4.98 Å². The van der Waals surface area contributed by atoms with Gasteiger partial charge in [-0.3, -0.25) is 0 Å². The number of rotatable bonds is 8. The van der Waals surface area contributed by atoms with Crippen LogP contribution >= 0.6 is 0 Å². The lowest BCUT2D eigenvalue weighted by Gasteiger charge is -2.13. The van der Waals surface area contributed by atoms with Crippen LogP contribution in [0.2, 0.25) is 0 Å². The average molecular weight is 318 g/mol. The molecular formula is C16H22N4O3. The first-order valence-corrected chi connectivity index (χ1v) is 7.24. The first-order valence-electron chi connectivity index (χ1n) is 7.24. The molecule has 1 heterocycles. The largest absolute Gasteiger partial charge is 0.497 e. The number of benzene rings is 1. The van der Waals surface area contributed by atoms with Crippen LogP contribution in [-0.2, 0) is 4.74 Å². The number of ether oxygens (including phenoxy) is 3. The van der Waals surface area contributed by atoms with Crippen LogP contribution < -0.4 is 20.1 Å². The Morgan fingerprint density at radius 1 is 1.04 bits per heavy atom. The Labute approximate surface area is 136 Å². The molecule has 124 valence electrons. The third-order valence-corrected chi connectivity index (χ3v) is 3.12. The molecular weight excluding hydrogens is 296 g/mol. The first-order chi connectivity index (χ1) is 11.2. The summed E-state index contributed by atoms with van der Waals surface area (Å²) in [6, 6.07) is 7.39. The fraction of sp³-hybridized carbons (Fsp3) is 0.375. The maximum absolute atomic E-state index is 5.37. The van der Waals surface area contributed by atoms with Crippen LogP contribution in [0.15, 0.2) is 24.3 Å². The molecule has 0 bridgehead atoms. The van der Waals surface area contributed by atoms with Crippen LogP contribution in [0.25, 0.3) is 0 Å². The molecule has 0 aliphatic rings. The second kappa shape index (κ2) is 8.19. The quantitative estimate of drug-likeness (QED) is 0.724. The van der Waals surface area contributed by atoms with Gasteiger partial charge in [-0.1, -0.05) is 0 Å². The highest BCUT2D eigenvalue weighted by Gasteiger charge is 2.08. The van der Waals surface area contributed by atoms with Crippen molar-refractivity contribution in [1.29, 1.82) is 0 Å². The van der Waals surface area contributed by atoms with Crippen molar-refractivity contribution in [3.05, 3.63) is 30.0 Å². The van der Waals surface area contributed by atoms with Gasteiger partial charge >= 0.3 is 0 Å². The predicted molar refractivity (Wildman–Crippen MR) is 90.0 cm³/mol. The lowest BCUT2D eigenvalue weighted by molar-refractivity contribution is 0.210. The monoisotopic (exact) mass is 318 g/mol. The van der Waals surface area contributed by atoms with Gasteiger partial charge in [0.15, 0.2) is 0 Å². The van der Waals surface area contributed by atoms with E-state index in [0.29, 0.717) is 24.8 Å². The molecule has 0 fully saturated rings. The molecule has 0 aliphatic heterocycles. The van der Waals surface area contributed by atoms with Crippen LogP contribution in [0.1, 0.15) is 5.69 Å². The summed E-state index contributed by atoms with van der Waals surface area (Å²) in [6.07, 6.45) is 0. The molecule has 0 saturated carbocycles. The molecule has 0 aliphatic carbocycles. The minimum atomic E-state index is 0.494. The summed E-state index contributed by atoms with van der Waals surface area (Å²) >= 11 is 0. The number of aryl methyl sites for hydroxylation is 1. The summed E-state index contributed by atoms with van der Waals surface area (Å²) in [5.41, 5.74) is 1.62. The Bertz CT molecular complexity index is 649. The van der Waals surface area contributed by atoms with E-state index in [1.807, 2.05) is 25.1 Å². The van der Waals surface area contributed by atoms with E-state index in [0.717, 1.165) is 22.9 Å². The van der Waals surface area contributed by atoms with Gasteiger partial charge < -0.3 is 24.8 Å². The topological polar surface area (TPSA) is 77.5 Å². The van der Waals surface area contributed by atoms with Crippen LogP contribution in [0, 0.1) is 6.92 Å². The van der Waals surface area contributed by atoms with Crippen molar-refractivity contribution in [2.75, 3.05) is 45.1 Å². The molecule has 1 aromatic carbocycles. The average Bonchev–Trinajstić information content (AvgIpc) is 2.55. The first kappa shape index (κ1) is 16.8. The van der Waals surface area contributed by atoms with Gasteiger partial charge in [0, 0.05) is 31.5 Å². The molecule has 7 nitrogen and oxygen atoms in total. The molecule has 0 radical (unpaired) electrons. The smallest absolute Gasteiger partial charge is 0.229 e. The van der Waals surface area contributed by atoms with Crippen LogP contribution in [-0.4, -0.2) is 44.4 Å². The highest BCUT2D eigenvalue weighted by Crippen LogP contribution is 2.30. The minimum Gasteiger partial charge on any atom is -0.497 e. The SMILES string of the molecule is COCCNc1cc(C)nc(Nc2ccc(OC)cc2OC)n1. The predicted octanol–water partition coefficient (Wildman–Crippen LogP) is 2.60. The van der Waals surface area contributed by atoms with Crippen molar-refractivity contribution in [1.82, 2.24) is 9.97 Å². The fourth-order valence-electron chi connectivity index (χ4n) is 2.02. The van der Waals surface area contributed by atoms with Crippen molar-refractivity contribution < 1.29 is 14.2 Å². The molecule has 0 unspecified atom stereocenters. The molecule has 7 heteroatoms. The van der Waals surface area contributed by atoms with Gasteiger partial charge in [0.25, 0.3) is 0 Å². The van der Waals surface area contributed by atoms with Gasteiger partial charge in [0.2, 0.25) is 5.95 Å². The summed E-state index contributed by atoms with van der Waals surface area (Å²) in [4.78, 5) is 8.84. The third-order valence-electron chi connectivity index (χ3n) is 3.12. The second-order valence-corrected chi connectivity index (χ2v) is 4.83. The maximum Gasteiger partial charge on any atom is 0.229 e. The fourth-order valence-corrected chi connectivity index (χ4v) is 2.02. The molecule has 0 amide bonds. The number of aromatic nitrogens is 2. The lowest BCUT2D eigenvalue weighted by Crippen LogP contribution is -2.10. The van der Waals surface area contributed by atoms with E-state index in [9.17, 15) is 0 Å². The van der Waals surface area contributed by atoms with E-state index in [4.69, 9.17) is 14.2 Å². The zero-order valence-electron chi connectivity index (χ0n) is 13.8. The normalized spacial score (nSPS) is 10.3. The van der Waals surface area contributed by atoms with Crippen molar-refractivity contribution in [3.8, 4) is 11.5 Å². The number of hydrogen-bond donors (Lipinski definition) is 2. The van der Waals surface area contributed by atoms with Gasteiger partial charge in [-0.15, -0.1) is 0 Å². The van der Waals surface area contributed by atoms with Crippen molar-refractivity contribution in [2.24, 2.45) is 0 Å². The highest BCUT2D eigenvalue weighted by atomic mass is 16.5. The minimum absolute atomic E-state index is 0.494. The van der Waals surface area contributed by atoms with E-state index in [1.165, 1.54) is 0 Å². The second-order valence-electron chi connectivity index (χ2n) is 4.83.